The third-order valence-corrected chi connectivity index (χ3v) is 5.99. The maximum atomic E-state index is 4.83. The second-order valence-corrected chi connectivity index (χ2v) is 7.80. The van der Waals surface area contributed by atoms with Gasteiger partial charge in [0.25, 0.3) is 0 Å². The molecule has 2 aromatic heterocycles. The molecule has 0 atom stereocenters. The molecule has 0 spiro atoms. The minimum absolute atomic E-state index is 0.578. The Kier molecular flexibility index (Phi) is 3.73. The number of hydrogen-bond donors (Lipinski definition) is 0. The summed E-state index contributed by atoms with van der Waals surface area (Å²) in [5.74, 6) is 2.33. The van der Waals surface area contributed by atoms with Gasteiger partial charge in [0.1, 0.15) is 5.82 Å². The van der Waals surface area contributed by atoms with Crippen molar-refractivity contribution in [1.29, 1.82) is 0 Å². The molecule has 0 saturated carbocycles. The van der Waals surface area contributed by atoms with Crippen molar-refractivity contribution in [1.82, 2.24) is 24.6 Å². The van der Waals surface area contributed by atoms with E-state index in [9.17, 15) is 0 Å². The fourth-order valence-electron chi connectivity index (χ4n) is 4.33. The second kappa shape index (κ2) is 6.09. The Hall–Kier alpha value is -1.95. The predicted molar refractivity (Wildman–Crippen MR) is 96.7 cm³/mol. The average molecular weight is 338 g/mol. The van der Waals surface area contributed by atoms with Crippen LogP contribution in [0.2, 0.25) is 0 Å². The maximum absolute atomic E-state index is 4.83. The molecule has 132 valence electrons. The van der Waals surface area contributed by atoms with Gasteiger partial charge in [0.15, 0.2) is 5.82 Å². The van der Waals surface area contributed by atoms with Crippen LogP contribution < -0.4 is 4.90 Å². The lowest BCUT2D eigenvalue weighted by Crippen LogP contribution is -2.58. The van der Waals surface area contributed by atoms with Gasteiger partial charge in [-0.2, -0.15) is 5.10 Å². The van der Waals surface area contributed by atoms with Crippen LogP contribution in [0.4, 0.5) is 5.82 Å². The first kappa shape index (κ1) is 15.3. The highest BCUT2D eigenvalue weighted by atomic mass is 15.4. The lowest BCUT2D eigenvalue weighted by molar-refractivity contribution is 0.194. The van der Waals surface area contributed by atoms with Gasteiger partial charge in [0, 0.05) is 44.8 Å². The second-order valence-electron chi connectivity index (χ2n) is 7.80. The summed E-state index contributed by atoms with van der Waals surface area (Å²) < 4.78 is 2.35. The highest BCUT2D eigenvalue weighted by Gasteiger charge is 2.32. The quantitative estimate of drug-likeness (QED) is 0.851. The van der Waals surface area contributed by atoms with Crippen LogP contribution in [0.1, 0.15) is 42.0 Å². The van der Waals surface area contributed by atoms with Crippen LogP contribution in [0.3, 0.4) is 0 Å². The third-order valence-electron chi connectivity index (χ3n) is 5.99. The third kappa shape index (κ3) is 2.82. The number of anilines is 1. The molecule has 0 N–H and O–H groups in total. The van der Waals surface area contributed by atoms with Gasteiger partial charge in [0.2, 0.25) is 0 Å². The molecule has 6 nitrogen and oxygen atoms in total. The molecular formula is C19H26N6. The normalized spacial score (nSPS) is 19.8. The van der Waals surface area contributed by atoms with Gasteiger partial charge in [-0.25, -0.2) is 4.98 Å². The van der Waals surface area contributed by atoms with Crippen LogP contribution in [0, 0.1) is 0 Å². The molecule has 0 radical (unpaired) electrons. The van der Waals surface area contributed by atoms with E-state index in [1.165, 1.54) is 48.5 Å². The molecule has 2 aliphatic heterocycles. The van der Waals surface area contributed by atoms with Crippen LogP contribution >= 0.6 is 0 Å². The summed E-state index contributed by atoms with van der Waals surface area (Å²) in [6, 6.07) is 2.84. The van der Waals surface area contributed by atoms with E-state index in [4.69, 9.17) is 4.98 Å². The summed E-state index contributed by atoms with van der Waals surface area (Å²) in [5, 5.41) is 8.85. The molecule has 1 fully saturated rings. The van der Waals surface area contributed by atoms with E-state index in [1.807, 2.05) is 0 Å². The number of likely N-dealkylation sites (N-methyl/N-ethyl adjacent to an activating group) is 1. The first-order valence-electron chi connectivity index (χ1n) is 9.62. The SMILES string of the molecule is CN(Cc1cn2c(n1)CCCC2)C1CN(c2cc3c(nn2)CCC3)C1. The van der Waals surface area contributed by atoms with Gasteiger partial charge in [-0.3, -0.25) is 4.90 Å². The summed E-state index contributed by atoms with van der Waals surface area (Å²) in [6.45, 7) is 4.16. The molecule has 0 amide bonds. The summed E-state index contributed by atoms with van der Waals surface area (Å²) in [4.78, 5) is 9.62. The summed E-state index contributed by atoms with van der Waals surface area (Å²) in [7, 11) is 2.22. The van der Waals surface area contributed by atoms with Crippen molar-refractivity contribution in [2.45, 2.75) is 57.7 Å². The molecule has 6 heteroatoms. The number of imidazole rings is 1. The topological polar surface area (TPSA) is 50.1 Å². The van der Waals surface area contributed by atoms with E-state index < -0.39 is 0 Å². The number of nitrogens with zero attached hydrogens (tertiary/aromatic N) is 6. The lowest BCUT2D eigenvalue weighted by atomic mass is 10.1. The zero-order valence-corrected chi connectivity index (χ0v) is 15.0. The van der Waals surface area contributed by atoms with Gasteiger partial charge in [-0.05, 0) is 50.8 Å². The molecule has 3 aliphatic rings. The van der Waals surface area contributed by atoms with Crippen molar-refractivity contribution in [3.8, 4) is 0 Å². The van der Waals surface area contributed by atoms with Gasteiger partial charge in [0.05, 0.1) is 11.4 Å². The van der Waals surface area contributed by atoms with E-state index in [0.29, 0.717) is 6.04 Å². The Morgan fingerprint density at radius 3 is 2.92 bits per heavy atom. The zero-order chi connectivity index (χ0) is 16.8. The van der Waals surface area contributed by atoms with E-state index in [-0.39, 0.29) is 0 Å². The standard InChI is InChI=1S/C19H26N6/c1-23(10-15-11-24-8-3-2-7-18(24)20-15)16-12-25(13-16)19-9-14-5-4-6-17(14)21-22-19/h9,11,16H,2-8,10,12-13H2,1H3. The number of aryl methyl sites for hydroxylation is 4. The minimum Gasteiger partial charge on any atom is -0.352 e. The molecular weight excluding hydrogens is 312 g/mol. The summed E-state index contributed by atoms with van der Waals surface area (Å²) >= 11 is 0. The van der Waals surface area contributed by atoms with E-state index >= 15 is 0 Å². The van der Waals surface area contributed by atoms with Crippen molar-refractivity contribution in [3.63, 3.8) is 0 Å². The van der Waals surface area contributed by atoms with Crippen LogP contribution in [-0.2, 0) is 32.4 Å². The number of aromatic nitrogens is 4. The fraction of sp³-hybridized carbons (Fsp3) is 0.632. The molecule has 0 aromatic carbocycles. The molecule has 0 bridgehead atoms. The van der Waals surface area contributed by atoms with Gasteiger partial charge >= 0.3 is 0 Å². The van der Waals surface area contributed by atoms with Crippen LogP contribution in [-0.4, -0.2) is 50.8 Å². The fourth-order valence-corrected chi connectivity index (χ4v) is 4.33. The molecule has 4 heterocycles. The van der Waals surface area contributed by atoms with E-state index in [2.05, 4.69) is 43.9 Å². The molecule has 0 unspecified atom stereocenters. The van der Waals surface area contributed by atoms with Crippen LogP contribution in [0.25, 0.3) is 0 Å². The highest BCUT2D eigenvalue weighted by Crippen LogP contribution is 2.27. The average Bonchev–Trinajstić information content (AvgIpc) is 3.18. The van der Waals surface area contributed by atoms with Crippen molar-refractivity contribution in [2.75, 3.05) is 25.0 Å². The molecule has 25 heavy (non-hydrogen) atoms. The predicted octanol–water partition coefficient (Wildman–Crippen LogP) is 1.82. The first-order chi connectivity index (χ1) is 12.3. The maximum Gasteiger partial charge on any atom is 0.151 e. The van der Waals surface area contributed by atoms with Gasteiger partial charge in [-0.1, -0.05) is 0 Å². The summed E-state index contributed by atoms with van der Waals surface area (Å²) in [5.41, 5.74) is 3.84. The summed E-state index contributed by atoms with van der Waals surface area (Å²) in [6.07, 6.45) is 9.46. The van der Waals surface area contributed by atoms with Gasteiger partial charge < -0.3 is 9.47 Å². The van der Waals surface area contributed by atoms with E-state index in [1.54, 1.807) is 0 Å². The number of rotatable bonds is 4. The highest BCUT2D eigenvalue weighted by molar-refractivity contribution is 5.45. The Labute approximate surface area is 148 Å². The zero-order valence-electron chi connectivity index (χ0n) is 15.0. The Morgan fingerprint density at radius 2 is 2.04 bits per heavy atom. The largest absolute Gasteiger partial charge is 0.352 e. The molecule has 1 aliphatic carbocycles. The van der Waals surface area contributed by atoms with Crippen LogP contribution in [0.15, 0.2) is 12.3 Å². The van der Waals surface area contributed by atoms with E-state index in [0.717, 1.165) is 44.8 Å². The van der Waals surface area contributed by atoms with Crippen molar-refractivity contribution in [2.24, 2.45) is 0 Å². The van der Waals surface area contributed by atoms with Gasteiger partial charge in [-0.15, -0.1) is 5.10 Å². The minimum atomic E-state index is 0.578. The first-order valence-corrected chi connectivity index (χ1v) is 9.62. The Morgan fingerprint density at radius 1 is 1.12 bits per heavy atom. The van der Waals surface area contributed by atoms with Crippen molar-refractivity contribution < 1.29 is 0 Å². The molecule has 5 rings (SSSR count). The molecule has 2 aromatic rings. The van der Waals surface area contributed by atoms with Crippen molar-refractivity contribution >= 4 is 5.82 Å². The lowest BCUT2D eigenvalue weighted by Gasteiger charge is -2.44. The monoisotopic (exact) mass is 338 g/mol. The molecule has 1 saturated heterocycles. The number of hydrogen-bond acceptors (Lipinski definition) is 5. The van der Waals surface area contributed by atoms with Crippen LogP contribution in [0.5, 0.6) is 0 Å². The number of fused-ring (bicyclic) bond motifs is 2. The van der Waals surface area contributed by atoms with Crippen molar-refractivity contribution in [3.05, 3.63) is 35.0 Å². The Balaban J connectivity index is 1.19. The smallest absolute Gasteiger partial charge is 0.151 e. The Bertz CT molecular complexity index is 753.